The average Bonchev–Trinajstić information content (AvgIpc) is 3.43. The van der Waals surface area contributed by atoms with Gasteiger partial charge in [-0.3, -0.25) is 4.79 Å². The lowest BCUT2D eigenvalue weighted by molar-refractivity contribution is 0.104. The number of ketones is 1. The Morgan fingerprint density at radius 1 is 0.871 bits per heavy atom. The molecule has 2 aromatic heterocycles. The van der Waals surface area contributed by atoms with E-state index >= 15 is 0 Å². The van der Waals surface area contributed by atoms with Crippen molar-refractivity contribution in [2.45, 2.75) is 6.92 Å². The second kappa shape index (κ2) is 7.96. The minimum Gasteiger partial charge on any atom is -0.289 e. The fourth-order valence-electron chi connectivity index (χ4n) is 3.81. The number of fused-ring (bicyclic) bond motifs is 2. The summed E-state index contributed by atoms with van der Waals surface area (Å²) in [5, 5.41) is 9.49. The zero-order valence-electron chi connectivity index (χ0n) is 16.8. The van der Waals surface area contributed by atoms with Crippen molar-refractivity contribution in [2.24, 2.45) is 0 Å². The van der Waals surface area contributed by atoms with Crippen molar-refractivity contribution in [2.75, 3.05) is 0 Å². The summed E-state index contributed by atoms with van der Waals surface area (Å²) >= 11 is 3.41. The molecule has 5 rings (SSSR count). The molecule has 0 N–H and O–H groups in total. The summed E-state index contributed by atoms with van der Waals surface area (Å²) in [7, 11) is 0. The smallest absolute Gasteiger partial charge is 0.194 e. The maximum Gasteiger partial charge on any atom is 0.194 e. The summed E-state index contributed by atoms with van der Waals surface area (Å²) in [6, 6.07) is 24.3. The van der Waals surface area contributed by atoms with Crippen molar-refractivity contribution in [3.05, 3.63) is 104 Å². The van der Waals surface area contributed by atoms with Crippen molar-refractivity contribution in [3.63, 3.8) is 0 Å². The Hall–Kier alpha value is -3.52. The SMILES string of the molecule is C/C(C#N)=C1\C(=C\c2cc3sc(/C=C/c4ccccc4)cc3s2)C(=O)c2ccccc21. The summed E-state index contributed by atoms with van der Waals surface area (Å²) in [5.41, 5.74) is 4.63. The maximum atomic E-state index is 13.0. The molecule has 2 nitrogen and oxygen atoms in total. The van der Waals surface area contributed by atoms with Crippen molar-refractivity contribution < 1.29 is 4.79 Å². The molecule has 1 aliphatic carbocycles. The van der Waals surface area contributed by atoms with Gasteiger partial charge in [-0.15, -0.1) is 22.7 Å². The highest BCUT2D eigenvalue weighted by Gasteiger charge is 2.31. The van der Waals surface area contributed by atoms with E-state index in [2.05, 4.69) is 42.5 Å². The first kappa shape index (κ1) is 19.4. The lowest BCUT2D eigenvalue weighted by atomic mass is 10.00. The third-order valence-electron chi connectivity index (χ3n) is 5.27. The van der Waals surface area contributed by atoms with E-state index in [1.807, 2.05) is 48.5 Å². The van der Waals surface area contributed by atoms with Gasteiger partial charge in [0.2, 0.25) is 0 Å². The van der Waals surface area contributed by atoms with Gasteiger partial charge in [-0.1, -0.05) is 60.7 Å². The predicted octanol–water partition coefficient (Wildman–Crippen LogP) is 7.71. The average molecular weight is 436 g/mol. The number of hydrogen-bond acceptors (Lipinski definition) is 4. The van der Waals surface area contributed by atoms with E-state index in [1.54, 1.807) is 29.6 Å². The summed E-state index contributed by atoms with van der Waals surface area (Å²) in [5.74, 6) is -0.0107. The number of thiophene rings is 2. The quantitative estimate of drug-likeness (QED) is 0.244. The molecule has 2 heterocycles. The third-order valence-corrected chi connectivity index (χ3v) is 7.47. The van der Waals surface area contributed by atoms with Crippen molar-refractivity contribution in [1.29, 1.82) is 5.26 Å². The first-order valence-corrected chi connectivity index (χ1v) is 11.5. The van der Waals surface area contributed by atoms with Gasteiger partial charge in [0.15, 0.2) is 5.78 Å². The van der Waals surface area contributed by atoms with Gasteiger partial charge >= 0.3 is 0 Å². The van der Waals surface area contributed by atoms with Crippen molar-refractivity contribution >= 4 is 61.7 Å². The number of nitrogens with zero attached hydrogens (tertiary/aromatic N) is 1. The Kier molecular flexibility index (Phi) is 4.99. The highest BCUT2D eigenvalue weighted by Crippen LogP contribution is 2.41. The summed E-state index contributed by atoms with van der Waals surface area (Å²) in [6.45, 7) is 1.77. The summed E-state index contributed by atoms with van der Waals surface area (Å²) in [6.07, 6.45) is 6.20. The van der Waals surface area contributed by atoms with Gasteiger partial charge in [-0.2, -0.15) is 5.26 Å². The molecule has 4 aromatic rings. The van der Waals surface area contributed by atoms with Crippen LogP contribution in [0, 0.1) is 11.3 Å². The van der Waals surface area contributed by atoms with Crippen LogP contribution in [0.4, 0.5) is 0 Å². The zero-order chi connectivity index (χ0) is 21.4. The summed E-state index contributed by atoms with van der Waals surface area (Å²) in [4.78, 5) is 15.3. The topological polar surface area (TPSA) is 40.9 Å². The fraction of sp³-hybridized carbons (Fsp3) is 0.0370. The number of rotatable bonds is 3. The van der Waals surface area contributed by atoms with Gasteiger partial charge in [0.05, 0.1) is 6.07 Å². The zero-order valence-corrected chi connectivity index (χ0v) is 18.4. The second-order valence-corrected chi connectivity index (χ2v) is 9.55. The Balaban J connectivity index is 1.50. The van der Waals surface area contributed by atoms with E-state index < -0.39 is 0 Å². The van der Waals surface area contributed by atoms with Crippen LogP contribution in [-0.4, -0.2) is 5.78 Å². The Labute approximate surface area is 188 Å². The van der Waals surface area contributed by atoms with Crippen LogP contribution in [0.25, 0.3) is 33.2 Å². The summed E-state index contributed by atoms with van der Waals surface area (Å²) < 4.78 is 2.41. The fourth-order valence-corrected chi connectivity index (χ4v) is 6.08. The highest BCUT2D eigenvalue weighted by molar-refractivity contribution is 7.28. The van der Waals surface area contributed by atoms with Crippen LogP contribution in [0.3, 0.4) is 0 Å². The molecule has 0 unspecified atom stereocenters. The van der Waals surface area contributed by atoms with Gasteiger partial charge in [-0.25, -0.2) is 0 Å². The first-order valence-electron chi connectivity index (χ1n) is 9.87. The minimum atomic E-state index is -0.0107. The molecule has 0 bridgehead atoms. The van der Waals surface area contributed by atoms with Crippen molar-refractivity contribution in [1.82, 2.24) is 0 Å². The van der Waals surface area contributed by atoms with E-state index in [4.69, 9.17) is 0 Å². The van der Waals surface area contributed by atoms with Crippen LogP contribution in [0.1, 0.15) is 38.2 Å². The molecule has 0 spiro atoms. The largest absolute Gasteiger partial charge is 0.289 e. The molecule has 0 amide bonds. The van der Waals surface area contributed by atoms with Gasteiger partial charge in [0, 0.05) is 41.4 Å². The molecule has 0 saturated heterocycles. The lowest BCUT2D eigenvalue weighted by Crippen LogP contribution is -1.95. The number of benzene rings is 2. The first-order chi connectivity index (χ1) is 15.1. The van der Waals surface area contributed by atoms with E-state index in [9.17, 15) is 10.1 Å². The van der Waals surface area contributed by atoms with Crippen LogP contribution in [0.2, 0.25) is 0 Å². The molecule has 0 radical (unpaired) electrons. The molecular weight excluding hydrogens is 418 g/mol. The number of carbonyl (C=O) groups is 1. The van der Waals surface area contributed by atoms with Crippen LogP contribution in [0.15, 0.2) is 77.9 Å². The molecule has 148 valence electrons. The molecule has 0 aliphatic heterocycles. The predicted molar refractivity (Wildman–Crippen MR) is 132 cm³/mol. The van der Waals surface area contributed by atoms with Gasteiger partial charge in [0.1, 0.15) is 0 Å². The van der Waals surface area contributed by atoms with E-state index in [0.717, 1.165) is 16.0 Å². The number of Topliss-reactive ketones (excluding diaryl/α,β-unsaturated/α-hetero) is 1. The second-order valence-electron chi connectivity index (χ2n) is 7.31. The number of nitriles is 1. The molecule has 4 heteroatoms. The molecule has 0 atom stereocenters. The molecule has 1 aliphatic rings. The molecule has 0 saturated carbocycles. The molecule has 31 heavy (non-hydrogen) atoms. The highest BCUT2D eigenvalue weighted by atomic mass is 32.1. The standard InChI is InChI=1S/C27H17NOS2/c1-17(16-28)26-21-9-5-6-10-22(21)27(29)23(26)13-20-15-25-24(31-20)14-19(30-25)12-11-18-7-3-2-4-8-18/h2-15H,1H3/b12-11+,23-13-,26-17+. The maximum absolute atomic E-state index is 13.0. The van der Waals surface area contributed by atoms with Gasteiger partial charge < -0.3 is 0 Å². The van der Waals surface area contributed by atoms with E-state index in [1.165, 1.54) is 19.8 Å². The van der Waals surface area contributed by atoms with Gasteiger partial charge in [-0.05, 0) is 42.3 Å². The monoisotopic (exact) mass is 435 g/mol. The van der Waals surface area contributed by atoms with Crippen LogP contribution in [0.5, 0.6) is 0 Å². The number of hydrogen-bond donors (Lipinski definition) is 0. The Bertz CT molecular complexity index is 1420. The van der Waals surface area contributed by atoms with Crippen LogP contribution >= 0.6 is 22.7 Å². The Morgan fingerprint density at radius 2 is 1.52 bits per heavy atom. The van der Waals surface area contributed by atoms with E-state index in [0.29, 0.717) is 16.7 Å². The molecular formula is C27H17NOS2. The van der Waals surface area contributed by atoms with Crippen molar-refractivity contribution in [3.8, 4) is 6.07 Å². The van der Waals surface area contributed by atoms with Crippen LogP contribution in [-0.2, 0) is 0 Å². The normalized spacial score (nSPS) is 16.3. The number of allylic oxidation sites excluding steroid dienone is 3. The third kappa shape index (κ3) is 3.59. The van der Waals surface area contributed by atoms with Gasteiger partial charge in [0.25, 0.3) is 0 Å². The van der Waals surface area contributed by atoms with E-state index in [-0.39, 0.29) is 5.78 Å². The molecule has 0 fully saturated rings. The molecule has 2 aromatic carbocycles. The minimum absolute atomic E-state index is 0.0107. The lowest BCUT2D eigenvalue weighted by Gasteiger charge is -2.02. The Morgan fingerprint density at radius 3 is 2.26 bits per heavy atom. The van der Waals surface area contributed by atoms with Crippen LogP contribution < -0.4 is 0 Å². The number of carbonyl (C=O) groups excluding carboxylic acids is 1.